The van der Waals surface area contributed by atoms with E-state index in [2.05, 4.69) is 16.4 Å². The van der Waals surface area contributed by atoms with E-state index in [1.165, 1.54) is 0 Å². The van der Waals surface area contributed by atoms with Gasteiger partial charge in [0, 0.05) is 19.2 Å². The van der Waals surface area contributed by atoms with Crippen molar-refractivity contribution in [3.8, 4) is 11.9 Å². The molecule has 0 unspecified atom stereocenters. The number of ether oxygens (including phenoxy) is 1. The van der Waals surface area contributed by atoms with Crippen molar-refractivity contribution in [3.63, 3.8) is 0 Å². The van der Waals surface area contributed by atoms with E-state index in [1.807, 2.05) is 26.0 Å². The minimum absolute atomic E-state index is 0.115. The van der Waals surface area contributed by atoms with Crippen LogP contribution in [0.25, 0.3) is 0 Å². The summed E-state index contributed by atoms with van der Waals surface area (Å²) in [6.07, 6.45) is 4.35. The van der Waals surface area contributed by atoms with E-state index < -0.39 is 0 Å². The number of nitrogens with zero attached hydrogens (tertiary/aromatic N) is 2. The van der Waals surface area contributed by atoms with Gasteiger partial charge in [-0.2, -0.15) is 5.26 Å². The van der Waals surface area contributed by atoms with E-state index in [0.717, 1.165) is 25.1 Å². The molecule has 0 fully saturated rings. The average Bonchev–Trinajstić information content (AvgIpc) is 2.30. The summed E-state index contributed by atoms with van der Waals surface area (Å²) in [5, 5.41) is 11.7. The fourth-order valence-corrected chi connectivity index (χ4v) is 1.39. The molecule has 0 aliphatic rings. The summed E-state index contributed by atoms with van der Waals surface area (Å²) in [6, 6.07) is 5.97. The quantitative estimate of drug-likeness (QED) is 0.735. The molecule has 0 amide bonds. The van der Waals surface area contributed by atoms with E-state index in [1.54, 1.807) is 6.20 Å². The second kappa shape index (κ2) is 7.50. The number of unbranched alkanes of at least 4 members (excludes halogenated alkanes) is 2. The van der Waals surface area contributed by atoms with Crippen LogP contribution in [0.4, 0.5) is 5.69 Å². The second-order valence-electron chi connectivity index (χ2n) is 4.06. The summed E-state index contributed by atoms with van der Waals surface area (Å²) in [6.45, 7) is 4.79. The van der Waals surface area contributed by atoms with Gasteiger partial charge >= 0.3 is 0 Å². The summed E-state index contributed by atoms with van der Waals surface area (Å²) >= 11 is 0. The van der Waals surface area contributed by atoms with Crippen LogP contribution in [0, 0.1) is 11.3 Å². The third-order valence-corrected chi connectivity index (χ3v) is 2.15. The first-order valence-corrected chi connectivity index (χ1v) is 5.96. The first kappa shape index (κ1) is 13.3. The Labute approximate surface area is 103 Å². The molecule has 0 saturated heterocycles. The van der Waals surface area contributed by atoms with E-state index >= 15 is 0 Å². The topological polar surface area (TPSA) is 57.9 Å². The highest BCUT2D eigenvalue weighted by Crippen LogP contribution is 2.21. The Balaban J connectivity index is 2.44. The highest BCUT2D eigenvalue weighted by molar-refractivity contribution is 5.51. The van der Waals surface area contributed by atoms with Crippen LogP contribution in [-0.4, -0.2) is 17.6 Å². The zero-order valence-corrected chi connectivity index (χ0v) is 10.4. The first-order chi connectivity index (χ1) is 8.24. The molecule has 0 aliphatic heterocycles. The van der Waals surface area contributed by atoms with Crippen molar-refractivity contribution in [1.29, 1.82) is 5.26 Å². The molecule has 92 valence electrons. The average molecular weight is 233 g/mol. The standard InChI is InChI=1S/C13H19N3O/c1-11(2)17-13-12(7-6-10-16-13)15-9-5-3-4-8-14/h6-7,10-11,15H,3-5,9H2,1-2H3. The number of hydrogen-bond acceptors (Lipinski definition) is 4. The number of aromatic nitrogens is 1. The summed E-state index contributed by atoms with van der Waals surface area (Å²) in [5.74, 6) is 0.641. The van der Waals surface area contributed by atoms with Crippen molar-refractivity contribution < 1.29 is 4.74 Å². The Hall–Kier alpha value is -1.76. The van der Waals surface area contributed by atoms with Crippen LogP contribution < -0.4 is 10.1 Å². The first-order valence-electron chi connectivity index (χ1n) is 5.96. The maximum absolute atomic E-state index is 8.43. The summed E-state index contributed by atoms with van der Waals surface area (Å²) < 4.78 is 5.60. The number of nitrogens with one attached hydrogen (secondary N) is 1. The molecular weight excluding hydrogens is 214 g/mol. The second-order valence-corrected chi connectivity index (χ2v) is 4.06. The van der Waals surface area contributed by atoms with Crippen molar-refractivity contribution in [2.45, 2.75) is 39.2 Å². The molecule has 1 aromatic heterocycles. The number of anilines is 1. The fourth-order valence-electron chi connectivity index (χ4n) is 1.39. The fraction of sp³-hybridized carbons (Fsp3) is 0.538. The lowest BCUT2D eigenvalue weighted by Gasteiger charge is -2.13. The van der Waals surface area contributed by atoms with Crippen molar-refractivity contribution >= 4 is 5.69 Å². The Bertz CT molecular complexity index is 371. The molecule has 1 N–H and O–H groups in total. The minimum atomic E-state index is 0.115. The number of pyridine rings is 1. The molecule has 0 radical (unpaired) electrons. The highest BCUT2D eigenvalue weighted by Gasteiger charge is 2.05. The van der Waals surface area contributed by atoms with Gasteiger partial charge in [-0.25, -0.2) is 4.98 Å². The molecule has 1 aromatic rings. The summed E-state index contributed by atoms with van der Waals surface area (Å²) in [7, 11) is 0. The Morgan fingerprint density at radius 2 is 2.29 bits per heavy atom. The SMILES string of the molecule is CC(C)Oc1ncccc1NCCCCC#N. The maximum Gasteiger partial charge on any atom is 0.237 e. The van der Waals surface area contributed by atoms with Crippen LogP contribution in [0.5, 0.6) is 5.88 Å². The van der Waals surface area contributed by atoms with Gasteiger partial charge in [-0.05, 0) is 38.8 Å². The number of nitriles is 1. The normalized spacial score (nSPS) is 10.0. The molecule has 0 aliphatic carbocycles. The molecule has 4 heteroatoms. The minimum Gasteiger partial charge on any atom is -0.473 e. The summed E-state index contributed by atoms with van der Waals surface area (Å²) in [4.78, 5) is 4.20. The van der Waals surface area contributed by atoms with E-state index in [9.17, 15) is 0 Å². The monoisotopic (exact) mass is 233 g/mol. The largest absolute Gasteiger partial charge is 0.473 e. The number of rotatable bonds is 7. The van der Waals surface area contributed by atoms with Crippen LogP contribution in [-0.2, 0) is 0 Å². The van der Waals surface area contributed by atoms with Crippen LogP contribution in [0.1, 0.15) is 33.1 Å². The van der Waals surface area contributed by atoms with E-state index in [4.69, 9.17) is 10.00 Å². The molecule has 0 atom stereocenters. The zero-order valence-electron chi connectivity index (χ0n) is 10.4. The zero-order chi connectivity index (χ0) is 12.5. The lowest BCUT2D eigenvalue weighted by atomic mass is 10.2. The van der Waals surface area contributed by atoms with Crippen molar-refractivity contribution in [3.05, 3.63) is 18.3 Å². The number of hydrogen-bond donors (Lipinski definition) is 1. The van der Waals surface area contributed by atoms with Crippen molar-refractivity contribution in [2.75, 3.05) is 11.9 Å². The van der Waals surface area contributed by atoms with Crippen LogP contribution in [0.3, 0.4) is 0 Å². The third-order valence-electron chi connectivity index (χ3n) is 2.15. The van der Waals surface area contributed by atoms with Gasteiger partial charge in [-0.15, -0.1) is 0 Å². The van der Waals surface area contributed by atoms with Crippen molar-refractivity contribution in [2.24, 2.45) is 0 Å². The third kappa shape index (κ3) is 5.21. The van der Waals surface area contributed by atoms with E-state index in [0.29, 0.717) is 12.3 Å². The van der Waals surface area contributed by atoms with Crippen LogP contribution in [0.15, 0.2) is 18.3 Å². The molecular formula is C13H19N3O. The van der Waals surface area contributed by atoms with Crippen molar-refractivity contribution in [1.82, 2.24) is 4.98 Å². The molecule has 0 saturated carbocycles. The van der Waals surface area contributed by atoms with Gasteiger partial charge in [0.25, 0.3) is 0 Å². The smallest absolute Gasteiger partial charge is 0.237 e. The van der Waals surface area contributed by atoms with Gasteiger partial charge in [-0.3, -0.25) is 0 Å². The van der Waals surface area contributed by atoms with Crippen LogP contribution >= 0.6 is 0 Å². The molecule has 1 rings (SSSR count). The summed E-state index contributed by atoms with van der Waals surface area (Å²) in [5.41, 5.74) is 0.915. The van der Waals surface area contributed by atoms with Crippen LogP contribution in [0.2, 0.25) is 0 Å². The molecule has 17 heavy (non-hydrogen) atoms. The van der Waals surface area contributed by atoms with Gasteiger partial charge in [0.1, 0.15) is 0 Å². The Morgan fingerprint density at radius 1 is 1.47 bits per heavy atom. The van der Waals surface area contributed by atoms with Gasteiger partial charge in [0.2, 0.25) is 5.88 Å². The Morgan fingerprint density at radius 3 is 3.00 bits per heavy atom. The molecule has 0 bridgehead atoms. The molecule has 0 spiro atoms. The molecule has 1 heterocycles. The van der Waals surface area contributed by atoms with Gasteiger partial charge in [-0.1, -0.05) is 0 Å². The molecule has 0 aromatic carbocycles. The predicted molar refractivity (Wildman–Crippen MR) is 68.0 cm³/mol. The van der Waals surface area contributed by atoms with Gasteiger partial charge < -0.3 is 10.1 Å². The van der Waals surface area contributed by atoms with E-state index in [-0.39, 0.29) is 6.10 Å². The van der Waals surface area contributed by atoms with Gasteiger partial charge in [0.05, 0.1) is 17.9 Å². The molecule has 4 nitrogen and oxygen atoms in total. The Kier molecular flexibility index (Phi) is 5.87. The highest BCUT2D eigenvalue weighted by atomic mass is 16.5. The lowest BCUT2D eigenvalue weighted by molar-refractivity contribution is 0.234. The van der Waals surface area contributed by atoms with Gasteiger partial charge in [0.15, 0.2) is 0 Å². The predicted octanol–water partition coefficient (Wildman–Crippen LogP) is 2.97. The lowest BCUT2D eigenvalue weighted by Crippen LogP contribution is -2.10. The maximum atomic E-state index is 8.43.